The Balaban J connectivity index is 2.84. The van der Waals surface area contributed by atoms with Crippen molar-refractivity contribution in [3.05, 3.63) is 18.1 Å². The summed E-state index contributed by atoms with van der Waals surface area (Å²) < 4.78 is 0. The normalized spacial score (nSPS) is 10.5. The number of amides is 2. The fourth-order valence-corrected chi connectivity index (χ4v) is 2.59. The van der Waals surface area contributed by atoms with Crippen molar-refractivity contribution in [3.8, 4) is 6.07 Å². The lowest BCUT2D eigenvalue weighted by atomic mass is 10.2. The minimum Gasteiger partial charge on any atom is -0.330 e. The number of hydrogen-bond donors (Lipinski definition) is 2. The predicted molar refractivity (Wildman–Crippen MR) is 107 cm³/mol. The summed E-state index contributed by atoms with van der Waals surface area (Å²) in [5.74, 6) is 0.904. The number of nitrogens with one attached hydrogen (secondary N) is 1. The summed E-state index contributed by atoms with van der Waals surface area (Å²) >= 11 is 0. The number of hydrogen-bond acceptors (Lipinski definition) is 6. The molecule has 2 amide bonds. The van der Waals surface area contributed by atoms with Crippen LogP contribution in [0.25, 0.3) is 0 Å². The largest absolute Gasteiger partial charge is 0.336 e. The van der Waals surface area contributed by atoms with E-state index < -0.39 is 0 Å². The van der Waals surface area contributed by atoms with Gasteiger partial charge in [0.2, 0.25) is 5.82 Å². The molecule has 0 spiro atoms. The average molecular weight is 376 g/mol. The summed E-state index contributed by atoms with van der Waals surface area (Å²) in [5, 5.41) is 10.7. The van der Waals surface area contributed by atoms with Crippen molar-refractivity contribution in [1.29, 1.82) is 5.26 Å². The first-order chi connectivity index (χ1) is 13.0. The molecule has 0 aliphatic carbocycles. The van der Waals surface area contributed by atoms with E-state index in [1.807, 2.05) is 11.0 Å². The van der Waals surface area contributed by atoms with Crippen molar-refractivity contribution in [2.75, 3.05) is 31.2 Å². The van der Waals surface area contributed by atoms with Crippen LogP contribution in [0.4, 0.5) is 10.6 Å². The molecule has 1 rings (SSSR count). The van der Waals surface area contributed by atoms with Crippen LogP contribution in [0.5, 0.6) is 0 Å². The molecule has 0 fully saturated rings. The highest BCUT2D eigenvalue weighted by atomic mass is 16.2. The van der Waals surface area contributed by atoms with E-state index in [-0.39, 0.29) is 11.9 Å². The summed E-state index contributed by atoms with van der Waals surface area (Å²) in [6.45, 7) is 8.92. The molecule has 0 saturated heterocycles. The topological polar surface area (TPSA) is 111 Å². The second-order valence-corrected chi connectivity index (χ2v) is 6.96. The molecule has 1 aromatic heterocycles. The van der Waals surface area contributed by atoms with Gasteiger partial charge in [-0.25, -0.2) is 15.2 Å². The van der Waals surface area contributed by atoms with Gasteiger partial charge in [-0.2, -0.15) is 10.2 Å². The van der Waals surface area contributed by atoms with E-state index in [0.29, 0.717) is 37.9 Å². The van der Waals surface area contributed by atoms with Crippen molar-refractivity contribution in [3.63, 3.8) is 0 Å². The van der Waals surface area contributed by atoms with Gasteiger partial charge in [0.1, 0.15) is 6.07 Å². The number of carbonyl (C=O) groups is 1. The molecular weight excluding hydrogens is 342 g/mol. The molecule has 0 saturated carbocycles. The minimum absolute atomic E-state index is 0.0835. The van der Waals surface area contributed by atoms with Gasteiger partial charge in [0.15, 0.2) is 5.82 Å². The number of nitriles is 1. The van der Waals surface area contributed by atoms with E-state index in [9.17, 15) is 4.79 Å². The number of carbonyl (C=O) groups excluding carboxylic acids is 1. The number of nitrogens with zero attached hydrogens (tertiary/aromatic N) is 5. The monoisotopic (exact) mass is 375 g/mol. The van der Waals surface area contributed by atoms with Crippen molar-refractivity contribution < 1.29 is 4.79 Å². The van der Waals surface area contributed by atoms with Crippen LogP contribution in [0.2, 0.25) is 0 Å². The molecule has 0 radical (unpaired) electrons. The number of anilines is 1. The lowest BCUT2D eigenvalue weighted by Gasteiger charge is -2.30. The smallest absolute Gasteiger partial charge is 0.330 e. The third kappa shape index (κ3) is 8.69. The third-order valence-electron chi connectivity index (χ3n) is 4.00. The maximum atomic E-state index is 12.9. The molecular formula is C19H33N7O. The SMILES string of the molecule is CCCCN(CCCCCN)C(=O)NN(CC(C)C)c1ccnc(C#N)n1. The standard InChI is InChI=1S/C19H33N7O/c1-4-5-12-25(13-8-6-7-10-20)19(27)24-26(15-16(2)3)18-9-11-22-17(14-21)23-18/h9,11,16H,4-8,10,12-13,15,20H2,1-3H3,(H,24,27). The Bertz CT molecular complexity index is 600. The van der Waals surface area contributed by atoms with Crippen molar-refractivity contribution in [1.82, 2.24) is 20.3 Å². The molecule has 3 N–H and O–H groups in total. The first-order valence-corrected chi connectivity index (χ1v) is 9.78. The summed E-state index contributed by atoms with van der Waals surface area (Å²) in [6, 6.07) is 3.49. The molecule has 150 valence electrons. The predicted octanol–water partition coefficient (Wildman–Crippen LogP) is 2.67. The number of urea groups is 1. The maximum absolute atomic E-state index is 12.9. The van der Waals surface area contributed by atoms with E-state index in [1.165, 1.54) is 6.20 Å². The summed E-state index contributed by atoms with van der Waals surface area (Å²) in [5.41, 5.74) is 8.51. The fourth-order valence-electron chi connectivity index (χ4n) is 2.59. The maximum Gasteiger partial charge on any atom is 0.336 e. The Morgan fingerprint density at radius 3 is 2.67 bits per heavy atom. The Morgan fingerprint density at radius 2 is 2.04 bits per heavy atom. The molecule has 1 aromatic rings. The molecule has 0 unspecified atom stereocenters. The zero-order chi connectivity index (χ0) is 20.1. The van der Waals surface area contributed by atoms with Crippen LogP contribution in [-0.2, 0) is 0 Å². The number of aromatic nitrogens is 2. The van der Waals surface area contributed by atoms with Crippen LogP contribution < -0.4 is 16.2 Å². The Kier molecular flexibility index (Phi) is 10.8. The van der Waals surface area contributed by atoms with Crippen LogP contribution in [-0.4, -0.2) is 47.1 Å². The molecule has 27 heavy (non-hydrogen) atoms. The molecule has 1 heterocycles. The van der Waals surface area contributed by atoms with E-state index >= 15 is 0 Å². The summed E-state index contributed by atoms with van der Waals surface area (Å²) in [4.78, 5) is 22.8. The van der Waals surface area contributed by atoms with Gasteiger partial charge in [-0.15, -0.1) is 0 Å². The second-order valence-electron chi connectivity index (χ2n) is 6.96. The number of unbranched alkanes of at least 4 members (excludes halogenated alkanes) is 3. The van der Waals surface area contributed by atoms with E-state index in [2.05, 4.69) is 36.2 Å². The van der Waals surface area contributed by atoms with Gasteiger partial charge in [0.05, 0.1) is 0 Å². The van der Waals surface area contributed by atoms with Crippen LogP contribution in [0, 0.1) is 17.2 Å². The van der Waals surface area contributed by atoms with Gasteiger partial charge in [-0.3, -0.25) is 5.01 Å². The zero-order valence-electron chi connectivity index (χ0n) is 16.8. The fraction of sp³-hybridized carbons (Fsp3) is 0.684. The molecule has 8 nitrogen and oxygen atoms in total. The first-order valence-electron chi connectivity index (χ1n) is 9.78. The van der Waals surface area contributed by atoms with Gasteiger partial charge >= 0.3 is 6.03 Å². The lowest BCUT2D eigenvalue weighted by molar-refractivity contribution is 0.194. The highest BCUT2D eigenvalue weighted by Gasteiger charge is 2.18. The third-order valence-corrected chi connectivity index (χ3v) is 4.00. The molecule has 0 aliphatic rings. The summed E-state index contributed by atoms with van der Waals surface area (Å²) in [6.07, 6.45) is 6.44. The Morgan fingerprint density at radius 1 is 1.30 bits per heavy atom. The molecule has 8 heteroatoms. The van der Waals surface area contributed by atoms with Crippen LogP contribution in [0.1, 0.15) is 58.7 Å². The van der Waals surface area contributed by atoms with Crippen LogP contribution in [0.3, 0.4) is 0 Å². The van der Waals surface area contributed by atoms with Gasteiger partial charge in [0, 0.05) is 31.9 Å². The lowest BCUT2D eigenvalue weighted by Crippen LogP contribution is -2.51. The highest BCUT2D eigenvalue weighted by molar-refractivity contribution is 5.76. The number of rotatable bonds is 12. The first kappa shape index (κ1) is 22.6. The van der Waals surface area contributed by atoms with Crippen LogP contribution >= 0.6 is 0 Å². The quantitative estimate of drug-likeness (QED) is 0.429. The van der Waals surface area contributed by atoms with Crippen molar-refractivity contribution >= 4 is 11.8 Å². The molecule has 0 aliphatic heterocycles. The zero-order valence-corrected chi connectivity index (χ0v) is 16.8. The molecule has 0 aromatic carbocycles. The van der Waals surface area contributed by atoms with Crippen molar-refractivity contribution in [2.45, 2.75) is 52.9 Å². The van der Waals surface area contributed by atoms with Crippen molar-refractivity contribution in [2.24, 2.45) is 11.7 Å². The van der Waals surface area contributed by atoms with Gasteiger partial charge in [-0.05, 0) is 31.7 Å². The second kappa shape index (κ2) is 12.9. The highest BCUT2D eigenvalue weighted by Crippen LogP contribution is 2.11. The summed E-state index contributed by atoms with van der Waals surface area (Å²) in [7, 11) is 0. The average Bonchev–Trinajstić information content (AvgIpc) is 2.66. The number of nitrogens with two attached hydrogens (primary N) is 1. The molecule has 0 atom stereocenters. The Labute approximate surface area is 162 Å². The molecule has 0 bridgehead atoms. The van der Waals surface area contributed by atoms with E-state index in [4.69, 9.17) is 11.0 Å². The van der Waals surface area contributed by atoms with E-state index in [1.54, 1.807) is 11.1 Å². The van der Waals surface area contributed by atoms with Gasteiger partial charge in [0.25, 0.3) is 0 Å². The number of hydrazine groups is 1. The van der Waals surface area contributed by atoms with Gasteiger partial charge < -0.3 is 10.6 Å². The van der Waals surface area contributed by atoms with E-state index in [0.717, 1.165) is 32.1 Å². The minimum atomic E-state index is -0.144. The Hall–Kier alpha value is -2.40. The van der Waals surface area contributed by atoms with Crippen LogP contribution in [0.15, 0.2) is 12.3 Å². The van der Waals surface area contributed by atoms with Gasteiger partial charge in [-0.1, -0.05) is 33.6 Å².